The van der Waals surface area contributed by atoms with Crippen LogP contribution in [0.25, 0.3) is 0 Å². The van der Waals surface area contributed by atoms with E-state index in [0.29, 0.717) is 30.5 Å². The molecule has 0 spiro atoms. The monoisotopic (exact) mass is 466 g/mol. The van der Waals surface area contributed by atoms with Gasteiger partial charge in [-0.05, 0) is 58.1 Å². The van der Waals surface area contributed by atoms with Gasteiger partial charge >= 0.3 is 0 Å². The largest absolute Gasteiger partial charge is 0.385 e. The zero-order valence-electron chi connectivity index (χ0n) is 20.9. The van der Waals surface area contributed by atoms with E-state index < -0.39 is 0 Å². The van der Waals surface area contributed by atoms with E-state index in [0.717, 1.165) is 49.2 Å². The quantitative estimate of drug-likeness (QED) is 0.460. The van der Waals surface area contributed by atoms with Gasteiger partial charge < -0.3 is 30.1 Å². The standard InChI is InChI=1S/C26H38N6O2/c1-27-23-19-28-25(18-24(23)32(15-16-33)22-11-5-6-12-22)29-21-10-7-9-20(17-21)26(34)31(4)14-8-13-30(2)3/h7,9-10,16-19,22,27H,5-6,8,11-15H2,1-4H3,(H,28,29). The van der Waals surface area contributed by atoms with Crippen molar-refractivity contribution in [1.82, 2.24) is 14.8 Å². The van der Waals surface area contributed by atoms with Crippen molar-refractivity contribution in [2.24, 2.45) is 0 Å². The molecule has 2 N–H and O–H groups in total. The average molecular weight is 467 g/mol. The van der Waals surface area contributed by atoms with Gasteiger partial charge in [-0.2, -0.15) is 0 Å². The van der Waals surface area contributed by atoms with Crippen molar-refractivity contribution in [3.8, 4) is 0 Å². The smallest absolute Gasteiger partial charge is 0.253 e. The topological polar surface area (TPSA) is 80.8 Å². The van der Waals surface area contributed by atoms with Gasteiger partial charge in [0.1, 0.15) is 12.1 Å². The lowest BCUT2D eigenvalue weighted by atomic mass is 10.1. The Morgan fingerprint density at radius 1 is 1.15 bits per heavy atom. The summed E-state index contributed by atoms with van der Waals surface area (Å²) in [7, 11) is 7.77. The van der Waals surface area contributed by atoms with Gasteiger partial charge in [0, 0.05) is 44.0 Å². The van der Waals surface area contributed by atoms with Gasteiger partial charge in [-0.3, -0.25) is 4.79 Å². The van der Waals surface area contributed by atoms with Crippen molar-refractivity contribution >= 4 is 35.1 Å². The molecule has 3 rings (SSSR count). The minimum absolute atomic E-state index is 0.0000215. The first kappa shape index (κ1) is 25.5. The normalized spacial score (nSPS) is 13.7. The number of aldehydes is 1. The fraction of sp³-hybridized carbons (Fsp3) is 0.500. The summed E-state index contributed by atoms with van der Waals surface area (Å²) in [5, 5.41) is 6.55. The molecule has 1 saturated carbocycles. The number of carbonyl (C=O) groups is 2. The van der Waals surface area contributed by atoms with E-state index in [-0.39, 0.29) is 5.91 Å². The Hall–Kier alpha value is -3.13. The molecule has 1 aromatic carbocycles. The van der Waals surface area contributed by atoms with Crippen LogP contribution in [0.5, 0.6) is 0 Å². The molecular formula is C26H38N6O2. The van der Waals surface area contributed by atoms with Gasteiger partial charge in [0.15, 0.2) is 0 Å². The molecule has 0 bridgehead atoms. The number of nitrogens with zero attached hydrogens (tertiary/aromatic N) is 4. The van der Waals surface area contributed by atoms with Crippen LogP contribution in [0.1, 0.15) is 42.5 Å². The van der Waals surface area contributed by atoms with Crippen molar-refractivity contribution in [2.45, 2.75) is 38.1 Å². The third-order valence-corrected chi connectivity index (χ3v) is 6.33. The van der Waals surface area contributed by atoms with Gasteiger partial charge in [0.2, 0.25) is 0 Å². The summed E-state index contributed by atoms with van der Waals surface area (Å²) in [4.78, 5) is 35.0. The maximum atomic E-state index is 12.9. The molecule has 184 valence electrons. The number of nitrogens with one attached hydrogen (secondary N) is 2. The summed E-state index contributed by atoms with van der Waals surface area (Å²) in [6.45, 7) is 2.00. The molecule has 34 heavy (non-hydrogen) atoms. The highest BCUT2D eigenvalue weighted by molar-refractivity contribution is 5.95. The second-order valence-electron chi connectivity index (χ2n) is 9.18. The van der Waals surface area contributed by atoms with E-state index in [1.54, 1.807) is 11.1 Å². The van der Waals surface area contributed by atoms with Crippen LogP contribution in [0.4, 0.5) is 22.9 Å². The number of anilines is 4. The van der Waals surface area contributed by atoms with Crippen molar-refractivity contribution in [2.75, 3.05) is 63.4 Å². The summed E-state index contributed by atoms with van der Waals surface area (Å²) in [6.07, 6.45) is 8.25. The highest BCUT2D eigenvalue weighted by Crippen LogP contribution is 2.34. The fourth-order valence-corrected chi connectivity index (χ4v) is 4.51. The number of hydrogen-bond donors (Lipinski definition) is 2. The minimum atomic E-state index is -0.0000215. The molecular weight excluding hydrogens is 428 g/mol. The summed E-state index contributed by atoms with van der Waals surface area (Å²) >= 11 is 0. The van der Waals surface area contributed by atoms with Crippen LogP contribution in [0.15, 0.2) is 36.5 Å². The molecule has 1 fully saturated rings. The van der Waals surface area contributed by atoms with Crippen molar-refractivity contribution < 1.29 is 9.59 Å². The van der Waals surface area contributed by atoms with E-state index in [1.165, 1.54) is 12.8 Å². The number of amides is 1. The number of benzene rings is 1. The van der Waals surface area contributed by atoms with Gasteiger partial charge in [-0.25, -0.2) is 4.98 Å². The van der Waals surface area contributed by atoms with Crippen molar-refractivity contribution in [1.29, 1.82) is 0 Å². The van der Waals surface area contributed by atoms with E-state index in [9.17, 15) is 9.59 Å². The third kappa shape index (κ3) is 6.70. The van der Waals surface area contributed by atoms with E-state index in [2.05, 4.69) is 25.4 Å². The van der Waals surface area contributed by atoms with Crippen LogP contribution in [-0.2, 0) is 4.79 Å². The molecule has 2 aromatic rings. The lowest BCUT2D eigenvalue weighted by Gasteiger charge is -2.31. The van der Waals surface area contributed by atoms with Crippen LogP contribution < -0.4 is 15.5 Å². The Morgan fingerprint density at radius 2 is 1.91 bits per heavy atom. The molecule has 1 heterocycles. The zero-order chi connectivity index (χ0) is 24.5. The molecule has 0 saturated heterocycles. The van der Waals surface area contributed by atoms with E-state index in [4.69, 9.17) is 0 Å². The highest BCUT2D eigenvalue weighted by Gasteiger charge is 2.25. The molecule has 1 aromatic heterocycles. The number of rotatable bonds is 12. The van der Waals surface area contributed by atoms with Crippen LogP contribution in [0.3, 0.4) is 0 Å². The highest BCUT2D eigenvalue weighted by atomic mass is 16.2. The second-order valence-corrected chi connectivity index (χ2v) is 9.18. The van der Waals surface area contributed by atoms with E-state index >= 15 is 0 Å². The molecule has 0 unspecified atom stereocenters. The van der Waals surface area contributed by atoms with Crippen LogP contribution >= 0.6 is 0 Å². The Kier molecular flexibility index (Phi) is 9.27. The number of pyridine rings is 1. The Bertz CT molecular complexity index is 958. The Morgan fingerprint density at radius 3 is 2.59 bits per heavy atom. The number of carbonyl (C=O) groups excluding carboxylic acids is 2. The predicted octanol–water partition coefficient (Wildman–Crippen LogP) is 3.84. The van der Waals surface area contributed by atoms with Gasteiger partial charge in [-0.15, -0.1) is 0 Å². The molecule has 1 amide bonds. The predicted molar refractivity (Wildman–Crippen MR) is 139 cm³/mol. The lowest BCUT2D eigenvalue weighted by molar-refractivity contribution is -0.106. The number of aromatic nitrogens is 1. The molecule has 1 aliphatic rings. The molecule has 0 atom stereocenters. The van der Waals surface area contributed by atoms with E-state index in [1.807, 2.05) is 58.5 Å². The lowest BCUT2D eigenvalue weighted by Crippen LogP contribution is -2.35. The van der Waals surface area contributed by atoms with Crippen LogP contribution in [0.2, 0.25) is 0 Å². The Labute approximate surface area is 203 Å². The van der Waals surface area contributed by atoms with Gasteiger partial charge in [0.05, 0.1) is 24.1 Å². The third-order valence-electron chi connectivity index (χ3n) is 6.33. The second kappa shape index (κ2) is 12.4. The molecule has 0 aliphatic heterocycles. The molecule has 1 aliphatic carbocycles. The minimum Gasteiger partial charge on any atom is -0.385 e. The first-order valence-electron chi connectivity index (χ1n) is 12.1. The molecule has 0 radical (unpaired) electrons. The summed E-state index contributed by atoms with van der Waals surface area (Å²) in [5.41, 5.74) is 3.29. The zero-order valence-corrected chi connectivity index (χ0v) is 20.9. The number of hydrogen-bond acceptors (Lipinski definition) is 7. The summed E-state index contributed by atoms with van der Waals surface area (Å²) in [6, 6.07) is 9.84. The van der Waals surface area contributed by atoms with Gasteiger partial charge in [-0.1, -0.05) is 18.9 Å². The first-order chi connectivity index (χ1) is 16.4. The Balaban J connectivity index is 1.77. The SMILES string of the molecule is CNc1cnc(Nc2cccc(C(=O)N(C)CCCN(C)C)c2)cc1N(CC=O)C1CCCC1. The maximum Gasteiger partial charge on any atom is 0.253 e. The average Bonchev–Trinajstić information content (AvgIpc) is 3.36. The fourth-order valence-electron chi connectivity index (χ4n) is 4.51. The molecule has 8 nitrogen and oxygen atoms in total. The van der Waals surface area contributed by atoms with Crippen molar-refractivity contribution in [3.05, 3.63) is 42.1 Å². The van der Waals surface area contributed by atoms with Crippen LogP contribution in [-0.4, -0.2) is 80.8 Å². The van der Waals surface area contributed by atoms with Crippen molar-refractivity contribution in [3.63, 3.8) is 0 Å². The molecule has 8 heteroatoms. The summed E-state index contributed by atoms with van der Waals surface area (Å²) in [5.74, 6) is 0.673. The summed E-state index contributed by atoms with van der Waals surface area (Å²) < 4.78 is 0. The maximum absolute atomic E-state index is 12.9. The van der Waals surface area contributed by atoms with Gasteiger partial charge in [0.25, 0.3) is 5.91 Å². The first-order valence-corrected chi connectivity index (χ1v) is 12.1. The van der Waals surface area contributed by atoms with Crippen LogP contribution in [0, 0.1) is 0 Å².